The molecule has 44 heavy (non-hydrogen) atoms. The lowest BCUT2D eigenvalue weighted by Crippen LogP contribution is -2.37. The van der Waals surface area contributed by atoms with E-state index in [1.54, 1.807) is 6.92 Å². The minimum Gasteiger partial charge on any atom is -0.492 e. The van der Waals surface area contributed by atoms with E-state index in [0.717, 1.165) is 5.56 Å². The van der Waals surface area contributed by atoms with Gasteiger partial charge in [0.1, 0.15) is 23.9 Å². The first-order valence-electron chi connectivity index (χ1n) is 15.0. The lowest BCUT2D eigenvalue weighted by atomic mass is 10.0. The highest BCUT2D eigenvalue weighted by Gasteiger charge is 2.56. The molecule has 4 atom stereocenters. The lowest BCUT2D eigenvalue weighted by molar-refractivity contribution is -0.151. The minimum absolute atomic E-state index is 0.223. The molecule has 1 saturated carbocycles. The number of ether oxygens (including phenoxy) is 3. The zero-order chi connectivity index (χ0) is 31.4. The van der Waals surface area contributed by atoms with Crippen LogP contribution in [0.4, 0.5) is 13.2 Å². The first-order valence-corrected chi connectivity index (χ1v) is 15.0. The van der Waals surface area contributed by atoms with Gasteiger partial charge in [0.15, 0.2) is 17.7 Å². The lowest BCUT2D eigenvalue weighted by Gasteiger charge is -2.21. The van der Waals surface area contributed by atoms with Gasteiger partial charge in [0, 0.05) is 38.2 Å². The molecule has 1 N–H and O–H groups in total. The van der Waals surface area contributed by atoms with Crippen LogP contribution in [0.5, 0.6) is 11.5 Å². The summed E-state index contributed by atoms with van der Waals surface area (Å²) in [5.74, 6) is -2.51. The first-order chi connectivity index (χ1) is 21.1. The van der Waals surface area contributed by atoms with Crippen molar-refractivity contribution in [3.63, 3.8) is 0 Å². The number of nitrogens with zero attached hydrogens (tertiary/aromatic N) is 1. The van der Waals surface area contributed by atoms with Crippen LogP contribution >= 0.6 is 0 Å². The van der Waals surface area contributed by atoms with Crippen LogP contribution in [-0.2, 0) is 16.0 Å². The Morgan fingerprint density at radius 2 is 1.55 bits per heavy atom. The fourth-order valence-electron chi connectivity index (χ4n) is 5.69. The number of fused-ring (bicyclic) bond motifs is 1. The number of carbonyl (C=O) groups excluding carboxylic acids is 2. The van der Waals surface area contributed by atoms with Crippen molar-refractivity contribution in [3.05, 3.63) is 94.8 Å². The second-order valence-electron chi connectivity index (χ2n) is 11.5. The molecule has 1 saturated heterocycles. The van der Waals surface area contributed by atoms with Gasteiger partial charge < -0.3 is 24.4 Å². The average molecular weight is 611 g/mol. The monoisotopic (exact) mass is 610 g/mol. The van der Waals surface area contributed by atoms with Gasteiger partial charge in [0.25, 0.3) is 5.91 Å². The SMILES string of the molecule is CCOC(=O)[C@H](Cc1ccc(OCCNC2C3CN(C(=O)c4cc(F)c(F)cc4F)C[C@@H]32)cc1)Oc1ccc(C(C)C)cc1. The molecular weight excluding hydrogens is 573 g/mol. The number of halogens is 3. The van der Waals surface area contributed by atoms with E-state index in [0.29, 0.717) is 62.2 Å². The van der Waals surface area contributed by atoms with Crippen LogP contribution in [0.1, 0.15) is 48.2 Å². The predicted octanol–water partition coefficient (Wildman–Crippen LogP) is 5.52. The molecule has 2 fully saturated rings. The second-order valence-corrected chi connectivity index (χ2v) is 11.5. The summed E-state index contributed by atoms with van der Waals surface area (Å²) in [4.78, 5) is 26.7. The number of amides is 1. The Labute approximate surface area is 255 Å². The van der Waals surface area contributed by atoms with Crippen molar-refractivity contribution in [1.82, 2.24) is 10.2 Å². The van der Waals surface area contributed by atoms with E-state index < -0.39 is 41.0 Å². The molecule has 1 amide bonds. The number of esters is 1. The summed E-state index contributed by atoms with van der Waals surface area (Å²) < 4.78 is 57.9. The molecule has 0 aromatic heterocycles. The number of carbonyl (C=O) groups is 2. The van der Waals surface area contributed by atoms with Gasteiger partial charge in [0.2, 0.25) is 0 Å². The van der Waals surface area contributed by atoms with Crippen LogP contribution in [0.15, 0.2) is 60.7 Å². The van der Waals surface area contributed by atoms with E-state index in [-0.39, 0.29) is 24.5 Å². The number of rotatable bonds is 13. The molecule has 0 bridgehead atoms. The molecule has 234 valence electrons. The van der Waals surface area contributed by atoms with Crippen LogP contribution in [0, 0.1) is 29.3 Å². The molecule has 1 heterocycles. The minimum atomic E-state index is -1.32. The van der Waals surface area contributed by atoms with Crippen molar-refractivity contribution in [3.8, 4) is 11.5 Å². The predicted molar refractivity (Wildman–Crippen MR) is 158 cm³/mol. The normalized spacial score (nSPS) is 19.4. The number of hydrogen-bond acceptors (Lipinski definition) is 6. The summed E-state index contributed by atoms with van der Waals surface area (Å²) in [6.45, 7) is 8.16. The van der Waals surface area contributed by atoms with E-state index in [1.165, 1.54) is 10.5 Å². The number of benzene rings is 3. The van der Waals surface area contributed by atoms with Gasteiger partial charge in [-0.25, -0.2) is 18.0 Å². The van der Waals surface area contributed by atoms with Crippen molar-refractivity contribution in [2.45, 2.75) is 45.3 Å². The Balaban J connectivity index is 1.05. The largest absolute Gasteiger partial charge is 0.492 e. The molecule has 3 aromatic rings. The molecule has 0 radical (unpaired) electrons. The van der Waals surface area contributed by atoms with E-state index >= 15 is 0 Å². The zero-order valence-electron chi connectivity index (χ0n) is 25.0. The van der Waals surface area contributed by atoms with Crippen molar-refractivity contribution in [1.29, 1.82) is 0 Å². The molecule has 0 spiro atoms. The van der Waals surface area contributed by atoms with Crippen LogP contribution in [-0.4, -0.2) is 61.8 Å². The Kier molecular flexibility index (Phi) is 9.78. The van der Waals surface area contributed by atoms with E-state index in [4.69, 9.17) is 14.2 Å². The standard InChI is InChI=1S/C34H37F3N2O5/c1-4-42-34(41)31(44-24-11-7-22(8-12-24)20(2)3)15-21-5-9-23(10-6-21)43-14-13-38-32-26-18-39(19-27(26)32)33(40)25-16-29(36)30(37)17-28(25)35/h5-12,16-17,20,26-27,31-32,38H,4,13-15,18-19H2,1-3H3/t26-,27?,31-,32?/m0/s1. The summed E-state index contributed by atoms with van der Waals surface area (Å²) in [5, 5.41) is 3.44. The number of nitrogens with one attached hydrogen (secondary N) is 1. The number of piperidine rings is 1. The van der Waals surface area contributed by atoms with E-state index in [1.807, 2.05) is 48.5 Å². The van der Waals surface area contributed by atoms with Gasteiger partial charge in [-0.2, -0.15) is 0 Å². The topological polar surface area (TPSA) is 77.1 Å². The van der Waals surface area contributed by atoms with Crippen LogP contribution in [0.2, 0.25) is 0 Å². The third kappa shape index (κ3) is 7.35. The van der Waals surface area contributed by atoms with Gasteiger partial charge in [-0.05, 0) is 66.1 Å². The van der Waals surface area contributed by atoms with Crippen molar-refractivity contribution in [2.75, 3.05) is 32.8 Å². The summed E-state index contributed by atoms with van der Waals surface area (Å²) in [5.41, 5.74) is 1.64. The van der Waals surface area contributed by atoms with Gasteiger partial charge >= 0.3 is 5.97 Å². The van der Waals surface area contributed by atoms with Gasteiger partial charge in [-0.15, -0.1) is 0 Å². The molecule has 7 nitrogen and oxygen atoms in total. The molecule has 2 aliphatic rings. The highest BCUT2D eigenvalue weighted by Crippen LogP contribution is 2.45. The van der Waals surface area contributed by atoms with Crippen LogP contribution in [0.3, 0.4) is 0 Å². The van der Waals surface area contributed by atoms with Gasteiger partial charge in [-0.1, -0.05) is 38.1 Å². The summed E-state index contributed by atoms with van der Waals surface area (Å²) >= 11 is 0. The third-order valence-electron chi connectivity index (χ3n) is 8.19. The molecule has 3 aromatic carbocycles. The Bertz CT molecular complexity index is 1450. The van der Waals surface area contributed by atoms with E-state index in [9.17, 15) is 22.8 Å². The highest BCUT2D eigenvalue weighted by atomic mass is 19.2. The summed E-state index contributed by atoms with van der Waals surface area (Å²) in [6, 6.07) is 16.5. The third-order valence-corrected chi connectivity index (χ3v) is 8.19. The highest BCUT2D eigenvalue weighted by molar-refractivity contribution is 5.94. The fourth-order valence-corrected chi connectivity index (χ4v) is 5.69. The van der Waals surface area contributed by atoms with Gasteiger partial charge in [0.05, 0.1) is 12.2 Å². The molecule has 10 heteroatoms. The molecule has 1 aliphatic carbocycles. The summed E-state index contributed by atoms with van der Waals surface area (Å²) in [6.07, 6.45) is -0.435. The second kappa shape index (κ2) is 13.7. The van der Waals surface area contributed by atoms with Crippen LogP contribution < -0.4 is 14.8 Å². The number of likely N-dealkylation sites (tertiary alicyclic amines) is 1. The van der Waals surface area contributed by atoms with Gasteiger partial charge in [-0.3, -0.25) is 4.79 Å². The Hall–Kier alpha value is -4.05. The maximum atomic E-state index is 14.0. The number of hydrogen-bond donors (Lipinski definition) is 1. The van der Waals surface area contributed by atoms with E-state index in [2.05, 4.69) is 19.2 Å². The summed E-state index contributed by atoms with van der Waals surface area (Å²) in [7, 11) is 0. The molecule has 2 unspecified atom stereocenters. The quantitative estimate of drug-likeness (QED) is 0.156. The van der Waals surface area contributed by atoms with Crippen molar-refractivity contribution >= 4 is 11.9 Å². The Morgan fingerprint density at radius 1 is 0.909 bits per heavy atom. The zero-order valence-corrected chi connectivity index (χ0v) is 25.0. The first kappa shape index (κ1) is 31.4. The maximum absolute atomic E-state index is 14.0. The molecule has 1 aliphatic heterocycles. The average Bonchev–Trinajstić information content (AvgIpc) is 3.44. The maximum Gasteiger partial charge on any atom is 0.347 e. The molecular formula is C34H37F3N2O5. The van der Waals surface area contributed by atoms with Crippen molar-refractivity contribution in [2.24, 2.45) is 11.8 Å². The van der Waals surface area contributed by atoms with Crippen molar-refractivity contribution < 1.29 is 37.0 Å². The molecule has 5 rings (SSSR count). The smallest absolute Gasteiger partial charge is 0.347 e. The van der Waals surface area contributed by atoms with Crippen LogP contribution in [0.25, 0.3) is 0 Å². The fraction of sp³-hybridized carbons (Fsp3) is 0.412. The Morgan fingerprint density at radius 3 is 2.18 bits per heavy atom.